The van der Waals surface area contributed by atoms with Crippen molar-refractivity contribution < 1.29 is 4.42 Å². The Morgan fingerprint density at radius 3 is 2.94 bits per heavy atom. The number of benzene rings is 1. The van der Waals surface area contributed by atoms with E-state index in [-0.39, 0.29) is 0 Å². The molecule has 18 heavy (non-hydrogen) atoms. The summed E-state index contributed by atoms with van der Waals surface area (Å²) in [6, 6.07) is 5.28. The standard InChI is InChI=1S/C11H9ClN4O2/c1-16-8(9(12)15-10(16)13)5-2-3-6-7(4-5)18-11(17)14-6/h2-4H,1H3,(H2,13,15)(H,14,17). The molecule has 0 atom stereocenters. The maximum Gasteiger partial charge on any atom is 0.417 e. The molecular formula is C11H9ClN4O2. The number of nitrogens with two attached hydrogens (primary N) is 1. The van der Waals surface area contributed by atoms with E-state index in [1.54, 1.807) is 23.7 Å². The minimum absolute atomic E-state index is 0.312. The van der Waals surface area contributed by atoms with Gasteiger partial charge in [-0.05, 0) is 12.1 Å². The molecule has 0 saturated heterocycles. The average Bonchev–Trinajstić information content (AvgIpc) is 2.78. The zero-order valence-electron chi connectivity index (χ0n) is 9.40. The molecular weight excluding hydrogens is 256 g/mol. The van der Waals surface area contributed by atoms with Crippen molar-refractivity contribution in [1.29, 1.82) is 0 Å². The SMILES string of the molecule is Cn1c(N)nc(Cl)c1-c1ccc2[nH]c(=O)oc2c1. The van der Waals surface area contributed by atoms with Gasteiger partial charge in [-0.25, -0.2) is 9.78 Å². The Hall–Kier alpha value is -2.21. The number of nitrogen functional groups attached to an aromatic ring is 1. The first-order valence-electron chi connectivity index (χ1n) is 5.17. The van der Waals surface area contributed by atoms with Crippen molar-refractivity contribution in [1.82, 2.24) is 14.5 Å². The van der Waals surface area contributed by atoms with Gasteiger partial charge in [-0.15, -0.1) is 0 Å². The van der Waals surface area contributed by atoms with Gasteiger partial charge < -0.3 is 14.7 Å². The number of nitrogens with one attached hydrogen (secondary N) is 1. The van der Waals surface area contributed by atoms with Crippen molar-refractivity contribution in [2.45, 2.75) is 0 Å². The van der Waals surface area contributed by atoms with E-state index in [9.17, 15) is 4.79 Å². The van der Waals surface area contributed by atoms with Gasteiger partial charge in [0.2, 0.25) is 5.95 Å². The van der Waals surface area contributed by atoms with Gasteiger partial charge >= 0.3 is 5.76 Å². The molecule has 0 radical (unpaired) electrons. The van der Waals surface area contributed by atoms with Gasteiger partial charge in [-0.1, -0.05) is 17.7 Å². The predicted octanol–water partition coefficient (Wildman–Crippen LogP) is 1.76. The molecule has 3 aromatic rings. The van der Waals surface area contributed by atoms with Crippen LogP contribution in [0.2, 0.25) is 5.15 Å². The minimum atomic E-state index is -0.488. The highest BCUT2D eigenvalue weighted by Crippen LogP contribution is 2.30. The number of rotatable bonds is 1. The van der Waals surface area contributed by atoms with E-state index in [1.807, 2.05) is 6.07 Å². The van der Waals surface area contributed by atoms with E-state index in [4.69, 9.17) is 21.8 Å². The Balaban J connectivity index is 2.28. The molecule has 3 rings (SSSR count). The number of nitrogens with zero attached hydrogens (tertiary/aromatic N) is 2. The topological polar surface area (TPSA) is 89.8 Å². The number of H-pyrrole nitrogens is 1. The molecule has 0 aliphatic rings. The third kappa shape index (κ3) is 1.50. The monoisotopic (exact) mass is 264 g/mol. The van der Waals surface area contributed by atoms with Crippen LogP contribution in [0.25, 0.3) is 22.4 Å². The highest BCUT2D eigenvalue weighted by atomic mass is 35.5. The van der Waals surface area contributed by atoms with Crippen molar-refractivity contribution in [3.63, 3.8) is 0 Å². The van der Waals surface area contributed by atoms with Gasteiger partial charge in [0.25, 0.3) is 0 Å². The van der Waals surface area contributed by atoms with Crippen LogP contribution in [-0.4, -0.2) is 14.5 Å². The first kappa shape index (κ1) is 10.9. The second-order valence-corrected chi connectivity index (χ2v) is 4.25. The van der Waals surface area contributed by atoms with Crippen LogP contribution in [0.15, 0.2) is 27.4 Å². The number of aromatic nitrogens is 3. The number of hydrogen-bond donors (Lipinski definition) is 2. The molecule has 0 fully saturated rings. The van der Waals surface area contributed by atoms with E-state index in [1.165, 1.54) is 0 Å². The normalized spacial score (nSPS) is 11.2. The molecule has 3 N–H and O–H groups in total. The molecule has 0 spiro atoms. The lowest BCUT2D eigenvalue weighted by Gasteiger charge is -2.03. The summed E-state index contributed by atoms with van der Waals surface area (Å²) in [7, 11) is 1.76. The molecule has 92 valence electrons. The lowest BCUT2D eigenvalue weighted by molar-refractivity contribution is 0.555. The largest absolute Gasteiger partial charge is 0.417 e. The Morgan fingerprint density at radius 1 is 1.50 bits per heavy atom. The molecule has 0 saturated carbocycles. The summed E-state index contributed by atoms with van der Waals surface area (Å²) in [5.74, 6) is -0.164. The lowest BCUT2D eigenvalue weighted by atomic mass is 10.1. The molecule has 2 heterocycles. The molecule has 0 unspecified atom stereocenters. The number of anilines is 1. The third-order valence-electron chi connectivity index (χ3n) is 2.78. The van der Waals surface area contributed by atoms with Crippen LogP contribution >= 0.6 is 11.6 Å². The minimum Gasteiger partial charge on any atom is -0.408 e. The second kappa shape index (κ2) is 3.64. The van der Waals surface area contributed by atoms with Gasteiger partial charge in [0.1, 0.15) is 0 Å². The maximum atomic E-state index is 11.1. The maximum absolute atomic E-state index is 11.1. The molecule has 0 amide bonds. The summed E-state index contributed by atoms with van der Waals surface area (Å²) in [4.78, 5) is 17.6. The molecule has 1 aromatic carbocycles. The zero-order chi connectivity index (χ0) is 12.9. The lowest BCUT2D eigenvalue weighted by Crippen LogP contribution is -1.98. The smallest absolute Gasteiger partial charge is 0.408 e. The predicted molar refractivity (Wildman–Crippen MR) is 68.5 cm³/mol. The number of fused-ring (bicyclic) bond motifs is 1. The molecule has 2 aromatic heterocycles. The van der Waals surface area contributed by atoms with E-state index in [0.717, 1.165) is 5.56 Å². The fraction of sp³-hybridized carbons (Fsp3) is 0.0909. The fourth-order valence-electron chi connectivity index (χ4n) is 1.89. The van der Waals surface area contributed by atoms with Crippen molar-refractivity contribution in [3.05, 3.63) is 33.9 Å². The van der Waals surface area contributed by atoms with Crippen LogP contribution in [0, 0.1) is 0 Å². The molecule has 6 nitrogen and oxygen atoms in total. The Labute approximate surface area is 106 Å². The van der Waals surface area contributed by atoms with Crippen LogP contribution in [0.1, 0.15) is 0 Å². The van der Waals surface area contributed by atoms with Crippen molar-refractivity contribution in [2.75, 3.05) is 5.73 Å². The average molecular weight is 265 g/mol. The third-order valence-corrected chi connectivity index (χ3v) is 3.05. The number of oxazole rings is 1. The summed E-state index contributed by atoms with van der Waals surface area (Å²) in [6.07, 6.45) is 0. The van der Waals surface area contributed by atoms with Gasteiger partial charge in [-0.2, -0.15) is 0 Å². The van der Waals surface area contributed by atoms with Gasteiger partial charge in [0.15, 0.2) is 10.7 Å². The van der Waals surface area contributed by atoms with Crippen LogP contribution < -0.4 is 11.5 Å². The van der Waals surface area contributed by atoms with Gasteiger partial charge in [0.05, 0.1) is 11.2 Å². The van der Waals surface area contributed by atoms with E-state index in [0.29, 0.717) is 27.9 Å². The summed E-state index contributed by atoms with van der Waals surface area (Å²) >= 11 is 6.03. The quantitative estimate of drug-likeness (QED) is 0.701. The number of halogens is 1. The van der Waals surface area contributed by atoms with Gasteiger partial charge in [0, 0.05) is 12.6 Å². The molecule has 0 aliphatic heterocycles. The highest BCUT2D eigenvalue weighted by Gasteiger charge is 2.14. The zero-order valence-corrected chi connectivity index (χ0v) is 10.2. The Morgan fingerprint density at radius 2 is 2.28 bits per heavy atom. The van der Waals surface area contributed by atoms with Crippen LogP contribution in [0.5, 0.6) is 0 Å². The number of imidazole rings is 1. The van der Waals surface area contributed by atoms with E-state index in [2.05, 4.69) is 9.97 Å². The highest BCUT2D eigenvalue weighted by molar-refractivity contribution is 6.32. The Kier molecular flexibility index (Phi) is 2.21. The van der Waals surface area contributed by atoms with E-state index >= 15 is 0 Å². The number of hydrogen-bond acceptors (Lipinski definition) is 4. The summed E-state index contributed by atoms with van der Waals surface area (Å²) in [5.41, 5.74) is 8.24. The van der Waals surface area contributed by atoms with Crippen molar-refractivity contribution in [2.24, 2.45) is 7.05 Å². The summed E-state index contributed by atoms with van der Waals surface area (Å²) in [6.45, 7) is 0. The molecule has 0 aliphatic carbocycles. The summed E-state index contributed by atoms with van der Waals surface area (Å²) in [5, 5.41) is 0.312. The first-order valence-corrected chi connectivity index (χ1v) is 5.55. The summed E-state index contributed by atoms with van der Waals surface area (Å²) < 4.78 is 6.68. The molecule has 7 heteroatoms. The Bertz CT molecular complexity index is 799. The van der Waals surface area contributed by atoms with E-state index < -0.39 is 5.76 Å². The molecule has 0 bridgehead atoms. The fourth-order valence-corrected chi connectivity index (χ4v) is 2.21. The van der Waals surface area contributed by atoms with Crippen LogP contribution in [-0.2, 0) is 7.05 Å². The van der Waals surface area contributed by atoms with Gasteiger partial charge in [-0.3, -0.25) is 4.98 Å². The second-order valence-electron chi connectivity index (χ2n) is 3.89. The first-order chi connectivity index (χ1) is 8.56. The van der Waals surface area contributed by atoms with Crippen LogP contribution in [0.4, 0.5) is 5.95 Å². The van der Waals surface area contributed by atoms with Crippen molar-refractivity contribution >= 4 is 28.6 Å². The number of aromatic amines is 1. The van der Waals surface area contributed by atoms with Crippen LogP contribution in [0.3, 0.4) is 0 Å². The van der Waals surface area contributed by atoms with Crippen molar-refractivity contribution in [3.8, 4) is 11.3 Å².